The quantitative estimate of drug-likeness (QED) is 0.803. The summed E-state index contributed by atoms with van der Waals surface area (Å²) in [5.74, 6) is 0.165. The molecule has 0 aliphatic carbocycles. The molecule has 1 fully saturated rings. The van der Waals surface area contributed by atoms with E-state index in [4.69, 9.17) is 10.5 Å². The van der Waals surface area contributed by atoms with Gasteiger partial charge >= 0.3 is 0 Å². The van der Waals surface area contributed by atoms with Gasteiger partial charge in [-0.1, -0.05) is 12.1 Å². The first-order chi connectivity index (χ1) is 10.1. The van der Waals surface area contributed by atoms with Gasteiger partial charge in [0, 0.05) is 19.6 Å². The Kier molecular flexibility index (Phi) is 5.16. The van der Waals surface area contributed by atoms with Crippen LogP contribution >= 0.6 is 0 Å². The van der Waals surface area contributed by atoms with E-state index in [1.807, 2.05) is 31.2 Å². The Balaban J connectivity index is 1.84. The molecule has 0 bridgehead atoms. The fraction of sp³-hybridized carbons (Fsp3) is 0.467. The summed E-state index contributed by atoms with van der Waals surface area (Å²) in [5, 5.41) is 3.06. The number of nitrogens with two attached hydrogens (primary N) is 1. The highest BCUT2D eigenvalue weighted by molar-refractivity contribution is 5.87. The van der Waals surface area contributed by atoms with Gasteiger partial charge in [-0.15, -0.1) is 0 Å². The molecule has 2 rings (SSSR count). The molecule has 1 atom stereocenters. The Morgan fingerprint density at radius 3 is 3.00 bits per heavy atom. The lowest BCUT2D eigenvalue weighted by molar-refractivity contribution is -0.140. The first-order valence-corrected chi connectivity index (χ1v) is 7.07. The van der Waals surface area contributed by atoms with Gasteiger partial charge in [0.25, 0.3) is 0 Å². The summed E-state index contributed by atoms with van der Waals surface area (Å²) in [6.07, 6.45) is 0.234. The summed E-state index contributed by atoms with van der Waals surface area (Å²) in [6.45, 7) is 3.86. The van der Waals surface area contributed by atoms with Crippen molar-refractivity contribution in [3.05, 3.63) is 29.8 Å². The highest BCUT2D eigenvalue weighted by Crippen LogP contribution is 2.13. The van der Waals surface area contributed by atoms with Crippen LogP contribution in [0.15, 0.2) is 24.3 Å². The Bertz CT molecular complexity index is 519. The molecule has 1 aliphatic rings. The molecule has 1 aromatic carbocycles. The number of nitrogens with zero attached hydrogens (tertiary/aromatic N) is 1. The summed E-state index contributed by atoms with van der Waals surface area (Å²) >= 11 is 0. The highest BCUT2D eigenvalue weighted by Gasteiger charge is 2.30. The fourth-order valence-corrected chi connectivity index (χ4v) is 2.36. The molecule has 0 saturated carbocycles. The molecular weight excluding hydrogens is 270 g/mol. The Morgan fingerprint density at radius 2 is 2.29 bits per heavy atom. The molecular formula is C15H21N3O3. The van der Waals surface area contributed by atoms with E-state index in [1.54, 1.807) is 4.90 Å². The maximum atomic E-state index is 12.2. The van der Waals surface area contributed by atoms with Crippen LogP contribution in [-0.2, 0) is 9.59 Å². The van der Waals surface area contributed by atoms with Gasteiger partial charge in [-0.2, -0.15) is 0 Å². The zero-order valence-corrected chi connectivity index (χ0v) is 12.2. The predicted molar refractivity (Wildman–Crippen MR) is 78.9 cm³/mol. The van der Waals surface area contributed by atoms with Gasteiger partial charge in [-0.3, -0.25) is 9.59 Å². The zero-order valence-electron chi connectivity index (χ0n) is 12.2. The number of nitrogens with one attached hydrogen (secondary N) is 1. The second-order valence-electron chi connectivity index (χ2n) is 5.12. The molecule has 1 aliphatic heterocycles. The van der Waals surface area contributed by atoms with Crippen molar-refractivity contribution in [2.45, 2.75) is 19.4 Å². The van der Waals surface area contributed by atoms with E-state index in [0.29, 0.717) is 19.6 Å². The van der Waals surface area contributed by atoms with E-state index < -0.39 is 11.9 Å². The van der Waals surface area contributed by atoms with E-state index in [2.05, 4.69) is 5.32 Å². The van der Waals surface area contributed by atoms with Gasteiger partial charge < -0.3 is 20.7 Å². The molecule has 1 heterocycles. The third-order valence-corrected chi connectivity index (χ3v) is 3.47. The molecule has 6 nitrogen and oxygen atoms in total. The molecule has 1 saturated heterocycles. The topological polar surface area (TPSA) is 84.7 Å². The van der Waals surface area contributed by atoms with Crippen molar-refractivity contribution in [2.75, 3.05) is 26.2 Å². The van der Waals surface area contributed by atoms with Gasteiger partial charge in [-0.05, 0) is 24.6 Å². The number of hydrogen-bond donors (Lipinski definition) is 2. The van der Waals surface area contributed by atoms with E-state index in [1.165, 1.54) is 0 Å². The number of amides is 2. The molecule has 0 spiro atoms. The molecule has 1 aromatic rings. The molecule has 114 valence electrons. The minimum atomic E-state index is -0.565. The SMILES string of the molecule is Cc1cccc(OCCC(=O)N2CCNCC2C(N)=O)c1. The summed E-state index contributed by atoms with van der Waals surface area (Å²) in [7, 11) is 0. The Hall–Kier alpha value is -2.08. The van der Waals surface area contributed by atoms with Gasteiger partial charge in [0.1, 0.15) is 11.8 Å². The minimum absolute atomic E-state index is 0.104. The van der Waals surface area contributed by atoms with Gasteiger partial charge in [-0.25, -0.2) is 0 Å². The molecule has 1 unspecified atom stereocenters. The average molecular weight is 291 g/mol. The van der Waals surface area contributed by atoms with Crippen LogP contribution in [0.25, 0.3) is 0 Å². The molecule has 21 heavy (non-hydrogen) atoms. The van der Waals surface area contributed by atoms with Gasteiger partial charge in [0.05, 0.1) is 13.0 Å². The number of carbonyl (C=O) groups excluding carboxylic acids is 2. The zero-order chi connectivity index (χ0) is 15.2. The third kappa shape index (κ3) is 4.19. The van der Waals surface area contributed by atoms with Gasteiger partial charge in [0.2, 0.25) is 11.8 Å². The monoisotopic (exact) mass is 291 g/mol. The summed E-state index contributed by atoms with van der Waals surface area (Å²) in [5.41, 5.74) is 6.43. The second-order valence-corrected chi connectivity index (χ2v) is 5.12. The van der Waals surface area contributed by atoms with Crippen LogP contribution in [0.3, 0.4) is 0 Å². The number of rotatable bonds is 5. The van der Waals surface area contributed by atoms with Crippen molar-refractivity contribution >= 4 is 11.8 Å². The average Bonchev–Trinajstić information content (AvgIpc) is 2.47. The largest absolute Gasteiger partial charge is 0.493 e. The lowest BCUT2D eigenvalue weighted by atomic mass is 10.1. The van der Waals surface area contributed by atoms with Crippen molar-refractivity contribution in [1.82, 2.24) is 10.2 Å². The van der Waals surface area contributed by atoms with Crippen LogP contribution in [0.5, 0.6) is 5.75 Å². The van der Waals surface area contributed by atoms with E-state index in [9.17, 15) is 9.59 Å². The number of ether oxygens (including phenoxy) is 1. The summed E-state index contributed by atoms with van der Waals surface area (Å²) in [4.78, 5) is 25.1. The normalized spacial score (nSPS) is 18.3. The Morgan fingerprint density at radius 1 is 1.48 bits per heavy atom. The van der Waals surface area contributed by atoms with Crippen LogP contribution in [0.4, 0.5) is 0 Å². The van der Waals surface area contributed by atoms with Crippen molar-refractivity contribution in [3.8, 4) is 5.75 Å². The number of benzene rings is 1. The molecule has 3 N–H and O–H groups in total. The minimum Gasteiger partial charge on any atom is -0.493 e. The standard InChI is InChI=1S/C15H21N3O3/c1-11-3-2-4-12(9-11)21-8-5-14(19)18-7-6-17-10-13(18)15(16)20/h2-4,9,13,17H,5-8,10H2,1H3,(H2,16,20). The van der Waals surface area contributed by atoms with Crippen LogP contribution in [0, 0.1) is 6.92 Å². The van der Waals surface area contributed by atoms with Gasteiger partial charge in [0.15, 0.2) is 0 Å². The fourth-order valence-electron chi connectivity index (χ4n) is 2.36. The van der Waals surface area contributed by atoms with Crippen LogP contribution in [0.1, 0.15) is 12.0 Å². The first kappa shape index (κ1) is 15.3. The lowest BCUT2D eigenvalue weighted by Gasteiger charge is -2.34. The van der Waals surface area contributed by atoms with Crippen molar-refractivity contribution in [3.63, 3.8) is 0 Å². The maximum absolute atomic E-state index is 12.2. The number of aryl methyl sites for hydroxylation is 1. The second kappa shape index (κ2) is 7.08. The van der Waals surface area contributed by atoms with Crippen LogP contribution in [0.2, 0.25) is 0 Å². The van der Waals surface area contributed by atoms with Crippen molar-refractivity contribution in [1.29, 1.82) is 0 Å². The number of carbonyl (C=O) groups is 2. The van der Waals surface area contributed by atoms with Crippen molar-refractivity contribution < 1.29 is 14.3 Å². The summed E-state index contributed by atoms with van der Waals surface area (Å²) in [6, 6.07) is 7.10. The van der Waals surface area contributed by atoms with E-state index in [0.717, 1.165) is 11.3 Å². The maximum Gasteiger partial charge on any atom is 0.241 e. The molecule has 2 amide bonds. The van der Waals surface area contributed by atoms with Crippen LogP contribution in [-0.4, -0.2) is 49.0 Å². The van der Waals surface area contributed by atoms with E-state index in [-0.39, 0.29) is 18.9 Å². The van der Waals surface area contributed by atoms with E-state index >= 15 is 0 Å². The van der Waals surface area contributed by atoms with Crippen molar-refractivity contribution in [2.24, 2.45) is 5.73 Å². The molecule has 6 heteroatoms. The lowest BCUT2D eigenvalue weighted by Crippen LogP contribution is -2.58. The summed E-state index contributed by atoms with van der Waals surface area (Å²) < 4.78 is 5.56. The number of primary amides is 1. The predicted octanol–water partition coefficient (Wildman–Crippen LogP) is 0.0496. The Labute approximate surface area is 124 Å². The number of piperazine rings is 1. The van der Waals surface area contributed by atoms with Crippen LogP contribution < -0.4 is 15.8 Å². The third-order valence-electron chi connectivity index (χ3n) is 3.47. The molecule has 0 aromatic heterocycles. The highest BCUT2D eigenvalue weighted by atomic mass is 16.5. The number of hydrogen-bond acceptors (Lipinski definition) is 4. The smallest absolute Gasteiger partial charge is 0.241 e. The molecule has 0 radical (unpaired) electrons. The first-order valence-electron chi connectivity index (χ1n) is 7.07.